The molecule has 0 aliphatic heterocycles. The van der Waals surface area contributed by atoms with Crippen LogP contribution < -0.4 is 9.80 Å². The molecule has 2 nitrogen and oxygen atoms in total. The van der Waals surface area contributed by atoms with Crippen LogP contribution in [0.1, 0.15) is 0 Å². The lowest BCUT2D eigenvalue weighted by Crippen LogP contribution is -2.11. The van der Waals surface area contributed by atoms with Crippen molar-refractivity contribution < 1.29 is 0 Å². The van der Waals surface area contributed by atoms with Crippen LogP contribution in [0.3, 0.4) is 0 Å². The van der Waals surface area contributed by atoms with Gasteiger partial charge < -0.3 is 9.80 Å². The first-order chi connectivity index (χ1) is 25.8. The summed E-state index contributed by atoms with van der Waals surface area (Å²) in [4.78, 5) is 4.74. The van der Waals surface area contributed by atoms with Crippen molar-refractivity contribution in [1.29, 1.82) is 0 Å². The Morgan fingerprint density at radius 3 is 1.40 bits per heavy atom. The molecular weight excluding hydrogens is 629 g/mol. The second-order valence-corrected chi connectivity index (χ2v) is 13.3. The van der Waals surface area contributed by atoms with E-state index in [2.05, 4.69) is 216 Å². The maximum absolute atomic E-state index is 2.43. The van der Waals surface area contributed by atoms with Crippen LogP contribution in [0, 0.1) is 0 Å². The van der Waals surface area contributed by atoms with Crippen molar-refractivity contribution in [3.05, 3.63) is 206 Å². The number of hydrogen-bond donors (Lipinski definition) is 0. The number of benzene rings is 10. The van der Waals surface area contributed by atoms with Crippen molar-refractivity contribution >= 4 is 77.2 Å². The van der Waals surface area contributed by atoms with Crippen LogP contribution in [0.5, 0.6) is 0 Å². The molecule has 0 aliphatic rings. The maximum atomic E-state index is 2.43. The molecule has 52 heavy (non-hydrogen) atoms. The lowest BCUT2D eigenvalue weighted by Gasteiger charge is -2.29. The lowest BCUT2D eigenvalue weighted by atomic mass is 9.89. The Bertz CT molecular complexity index is 2780. The fourth-order valence-corrected chi connectivity index (χ4v) is 8.01. The lowest BCUT2D eigenvalue weighted by molar-refractivity contribution is 1.28. The van der Waals surface area contributed by atoms with Gasteiger partial charge in [0.05, 0.1) is 11.4 Å². The van der Waals surface area contributed by atoms with Crippen LogP contribution in [0.4, 0.5) is 34.1 Å². The summed E-state index contributed by atoms with van der Waals surface area (Å²) in [6.45, 7) is 0. The Balaban J connectivity index is 1.14. The molecule has 10 rings (SSSR count). The van der Waals surface area contributed by atoms with Gasteiger partial charge in [0, 0.05) is 33.5 Å². The van der Waals surface area contributed by atoms with Gasteiger partial charge in [0.1, 0.15) is 0 Å². The van der Waals surface area contributed by atoms with Gasteiger partial charge in [-0.25, -0.2) is 0 Å². The first-order valence-electron chi connectivity index (χ1n) is 17.9. The highest BCUT2D eigenvalue weighted by molar-refractivity contribution is 6.28. The van der Waals surface area contributed by atoms with E-state index in [1.807, 2.05) is 0 Å². The fourth-order valence-electron chi connectivity index (χ4n) is 8.01. The highest BCUT2D eigenvalue weighted by Gasteiger charge is 2.21. The molecule has 10 aromatic carbocycles. The Labute approximate surface area is 303 Å². The average Bonchev–Trinajstić information content (AvgIpc) is 3.22. The third-order valence-corrected chi connectivity index (χ3v) is 10.4. The molecule has 0 aliphatic carbocycles. The van der Waals surface area contributed by atoms with E-state index < -0.39 is 0 Å². The summed E-state index contributed by atoms with van der Waals surface area (Å²) < 4.78 is 0. The third kappa shape index (κ3) is 4.96. The standard InChI is InChI=1S/C50H34N2/c1-4-15-39(16-5-1)51(40-17-6-2-7-18-40)42-29-23-36(24-30-42)43-31-25-37-27-33-46-48(34-28-38-26-32-45(43)49(37)50(38)46)52(41-19-8-3-9-20-41)47-22-12-14-35-13-10-11-21-44(35)47/h1-34H. The topological polar surface area (TPSA) is 6.48 Å². The molecule has 0 aromatic heterocycles. The van der Waals surface area contributed by atoms with Crippen LogP contribution in [0.15, 0.2) is 206 Å². The molecule has 0 amide bonds. The van der Waals surface area contributed by atoms with Gasteiger partial charge in [-0.15, -0.1) is 0 Å². The predicted octanol–water partition coefficient (Wildman–Crippen LogP) is 14.3. The van der Waals surface area contributed by atoms with Crippen molar-refractivity contribution in [2.24, 2.45) is 0 Å². The molecule has 244 valence electrons. The van der Waals surface area contributed by atoms with E-state index in [9.17, 15) is 0 Å². The summed E-state index contributed by atoms with van der Waals surface area (Å²) in [5, 5.41) is 10.1. The number of anilines is 6. The van der Waals surface area contributed by atoms with Gasteiger partial charge >= 0.3 is 0 Å². The monoisotopic (exact) mass is 662 g/mol. The number of fused-ring (bicyclic) bond motifs is 1. The molecule has 0 N–H and O–H groups in total. The third-order valence-electron chi connectivity index (χ3n) is 10.4. The highest BCUT2D eigenvalue weighted by Crippen LogP contribution is 2.47. The van der Waals surface area contributed by atoms with E-state index >= 15 is 0 Å². The van der Waals surface area contributed by atoms with Gasteiger partial charge in [-0.05, 0) is 104 Å². The highest BCUT2D eigenvalue weighted by atomic mass is 15.1. The van der Waals surface area contributed by atoms with E-state index in [1.165, 1.54) is 65.6 Å². The van der Waals surface area contributed by atoms with E-state index in [-0.39, 0.29) is 0 Å². The minimum absolute atomic E-state index is 1.12. The zero-order valence-electron chi connectivity index (χ0n) is 28.5. The molecule has 0 radical (unpaired) electrons. The molecular formula is C50H34N2. The summed E-state index contributed by atoms with van der Waals surface area (Å²) in [6.07, 6.45) is 0. The van der Waals surface area contributed by atoms with Gasteiger partial charge in [-0.1, -0.05) is 146 Å². The zero-order valence-corrected chi connectivity index (χ0v) is 28.5. The molecule has 0 unspecified atom stereocenters. The van der Waals surface area contributed by atoms with Crippen molar-refractivity contribution in [3.63, 3.8) is 0 Å². The minimum atomic E-state index is 1.12. The second kappa shape index (κ2) is 12.5. The van der Waals surface area contributed by atoms with E-state index in [1.54, 1.807) is 0 Å². The van der Waals surface area contributed by atoms with Crippen LogP contribution in [-0.2, 0) is 0 Å². The number of hydrogen-bond acceptors (Lipinski definition) is 2. The molecule has 10 aromatic rings. The van der Waals surface area contributed by atoms with E-state index in [0.29, 0.717) is 0 Å². The fraction of sp³-hybridized carbons (Fsp3) is 0. The SMILES string of the molecule is c1ccc(N(c2ccccc2)c2ccc(-c3ccc4ccc5c(N(c6ccccc6)c6cccc7ccccc67)ccc6ccc3c4c65)cc2)cc1. The second-order valence-electron chi connectivity index (χ2n) is 13.3. The molecule has 0 atom stereocenters. The molecule has 2 heteroatoms. The number of rotatable bonds is 7. The first kappa shape index (κ1) is 30.0. The molecule has 0 saturated heterocycles. The molecule has 0 spiro atoms. The molecule has 0 fully saturated rings. The summed E-state index contributed by atoms with van der Waals surface area (Å²) in [6, 6.07) is 74.6. The quantitative estimate of drug-likeness (QED) is 0.157. The predicted molar refractivity (Wildman–Crippen MR) is 222 cm³/mol. The van der Waals surface area contributed by atoms with Gasteiger partial charge in [-0.3, -0.25) is 0 Å². The zero-order chi connectivity index (χ0) is 34.4. The minimum Gasteiger partial charge on any atom is -0.311 e. The number of para-hydroxylation sites is 3. The van der Waals surface area contributed by atoms with Gasteiger partial charge in [0.15, 0.2) is 0 Å². The van der Waals surface area contributed by atoms with Gasteiger partial charge in [-0.2, -0.15) is 0 Å². The smallest absolute Gasteiger partial charge is 0.0540 e. The van der Waals surface area contributed by atoms with Crippen LogP contribution in [0.25, 0.3) is 54.2 Å². The van der Waals surface area contributed by atoms with Gasteiger partial charge in [0.2, 0.25) is 0 Å². The summed E-state index contributed by atoms with van der Waals surface area (Å²) >= 11 is 0. The van der Waals surface area contributed by atoms with Gasteiger partial charge in [0.25, 0.3) is 0 Å². The largest absolute Gasteiger partial charge is 0.311 e. The molecule has 0 heterocycles. The number of nitrogens with zero attached hydrogens (tertiary/aromatic N) is 2. The van der Waals surface area contributed by atoms with Crippen LogP contribution in [-0.4, -0.2) is 0 Å². The normalized spacial score (nSPS) is 11.5. The van der Waals surface area contributed by atoms with E-state index in [0.717, 1.165) is 22.7 Å². The Morgan fingerprint density at radius 2 is 0.731 bits per heavy atom. The Kier molecular flexibility index (Phi) is 7.18. The van der Waals surface area contributed by atoms with Crippen molar-refractivity contribution in [2.45, 2.75) is 0 Å². The average molecular weight is 663 g/mol. The summed E-state index contributed by atoms with van der Waals surface area (Å²) in [5.74, 6) is 0. The molecule has 0 saturated carbocycles. The maximum Gasteiger partial charge on any atom is 0.0540 e. The Morgan fingerprint density at radius 1 is 0.250 bits per heavy atom. The van der Waals surface area contributed by atoms with Crippen LogP contribution in [0.2, 0.25) is 0 Å². The first-order valence-corrected chi connectivity index (χ1v) is 17.9. The van der Waals surface area contributed by atoms with Crippen LogP contribution >= 0.6 is 0 Å². The summed E-state index contributed by atoms with van der Waals surface area (Å²) in [5.41, 5.74) is 9.29. The molecule has 0 bridgehead atoms. The summed E-state index contributed by atoms with van der Waals surface area (Å²) in [7, 11) is 0. The van der Waals surface area contributed by atoms with E-state index in [4.69, 9.17) is 0 Å². The van der Waals surface area contributed by atoms with Crippen molar-refractivity contribution in [2.75, 3.05) is 9.80 Å². The van der Waals surface area contributed by atoms with Crippen molar-refractivity contribution in [3.8, 4) is 11.1 Å². The Hall–Kier alpha value is -6.90. The van der Waals surface area contributed by atoms with Crippen molar-refractivity contribution in [1.82, 2.24) is 0 Å².